The van der Waals surface area contributed by atoms with Crippen molar-refractivity contribution in [3.05, 3.63) is 29.3 Å². The van der Waals surface area contributed by atoms with Gasteiger partial charge in [0.1, 0.15) is 0 Å². The minimum atomic E-state index is -3.46. The minimum absolute atomic E-state index is 0.110. The van der Waals surface area contributed by atoms with E-state index in [9.17, 15) is 13.2 Å². The van der Waals surface area contributed by atoms with Crippen molar-refractivity contribution in [2.45, 2.75) is 75.8 Å². The summed E-state index contributed by atoms with van der Waals surface area (Å²) in [6, 6.07) is 5.76. The average Bonchev–Trinajstić information content (AvgIpc) is 3.23. The van der Waals surface area contributed by atoms with Crippen molar-refractivity contribution < 1.29 is 18.1 Å². The van der Waals surface area contributed by atoms with Crippen molar-refractivity contribution in [3.63, 3.8) is 0 Å². The van der Waals surface area contributed by atoms with Gasteiger partial charge in [-0.2, -0.15) is 4.31 Å². The Hall–Kier alpha value is -1.44. The number of hydrogen-bond acceptors (Lipinski definition) is 3. The molecule has 0 spiro atoms. The normalized spacial score (nSPS) is 26.9. The highest BCUT2D eigenvalue weighted by Gasteiger charge is 2.36. The SMILES string of the molecule is C[C@H](C(=O)N[C@H]1CCCC[C@@H]1C)[NH+]1CCN(S(=O)(=O)c2ccc3c(c2)CCC3)CC1. The van der Waals surface area contributed by atoms with E-state index in [4.69, 9.17) is 0 Å². The summed E-state index contributed by atoms with van der Waals surface area (Å²) in [6.07, 6.45) is 7.85. The fraction of sp³-hybridized carbons (Fsp3) is 0.696. The van der Waals surface area contributed by atoms with Gasteiger partial charge in [0.25, 0.3) is 5.91 Å². The van der Waals surface area contributed by atoms with E-state index in [-0.39, 0.29) is 18.0 Å². The molecule has 1 aromatic carbocycles. The van der Waals surface area contributed by atoms with Crippen LogP contribution in [0.2, 0.25) is 0 Å². The van der Waals surface area contributed by atoms with E-state index in [2.05, 4.69) is 12.2 Å². The first-order valence-corrected chi connectivity index (χ1v) is 13.1. The van der Waals surface area contributed by atoms with Gasteiger partial charge in [0.05, 0.1) is 31.1 Å². The number of nitrogens with one attached hydrogen (secondary N) is 2. The molecule has 3 aliphatic rings. The number of carbonyl (C=O) groups is 1. The summed E-state index contributed by atoms with van der Waals surface area (Å²) in [5, 5.41) is 3.27. The van der Waals surface area contributed by atoms with Gasteiger partial charge < -0.3 is 10.2 Å². The predicted octanol–water partition coefficient (Wildman–Crippen LogP) is 1.15. The molecule has 2 N–H and O–H groups in total. The van der Waals surface area contributed by atoms with Crippen molar-refractivity contribution in [2.75, 3.05) is 26.2 Å². The number of sulfonamides is 1. The number of hydrogen-bond donors (Lipinski definition) is 2. The van der Waals surface area contributed by atoms with E-state index >= 15 is 0 Å². The molecule has 30 heavy (non-hydrogen) atoms. The van der Waals surface area contributed by atoms with Crippen LogP contribution in [0.3, 0.4) is 0 Å². The van der Waals surface area contributed by atoms with Crippen LogP contribution in [-0.2, 0) is 27.7 Å². The van der Waals surface area contributed by atoms with E-state index in [1.807, 2.05) is 19.1 Å². The van der Waals surface area contributed by atoms with Crippen molar-refractivity contribution in [1.82, 2.24) is 9.62 Å². The first kappa shape index (κ1) is 21.8. The number of piperazine rings is 1. The second-order valence-corrected chi connectivity index (χ2v) is 11.4. The molecular weight excluding hydrogens is 398 g/mol. The third kappa shape index (κ3) is 4.43. The monoisotopic (exact) mass is 434 g/mol. The molecule has 2 fully saturated rings. The summed E-state index contributed by atoms with van der Waals surface area (Å²) in [7, 11) is -3.46. The Morgan fingerprint density at radius 3 is 2.53 bits per heavy atom. The molecule has 1 heterocycles. The summed E-state index contributed by atoms with van der Waals surface area (Å²) >= 11 is 0. The lowest BCUT2D eigenvalue weighted by atomic mass is 9.86. The maximum absolute atomic E-state index is 13.1. The van der Waals surface area contributed by atoms with Gasteiger partial charge >= 0.3 is 0 Å². The summed E-state index contributed by atoms with van der Waals surface area (Å²) in [5.74, 6) is 0.651. The molecule has 1 aromatic rings. The molecule has 3 atom stereocenters. The molecule has 1 aliphatic heterocycles. The Kier molecular flexibility index (Phi) is 6.51. The Balaban J connectivity index is 1.34. The highest BCUT2D eigenvalue weighted by Crippen LogP contribution is 2.26. The number of carbonyl (C=O) groups excluding carboxylic acids is 1. The zero-order chi connectivity index (χ0) is 21.3. The van der Waals surface area contributed by atoms with Gasteiger partial charge in [-0.05, 0) is 68.2 Å². The summed E-state index contributed by atoms with van der Waals surface area (Å²) in [4.78, 5) is 14.4. The first-order chi connectivity index (χ1) is 14.4. The van der Waals surface area contributed by atoms with Crippen molar-refractivity contribution in [1.29, 1.82) is 0 Å². The minimum Gasteiger partial charge on any atom is -0.348 e. The summed E-state index contributed by atoms with van der Waals surface area (Å²) in [5.41, 5.74) is 2.47. The van der Waals surface area contributed by atoms with E-state index in [1.54, 1.807) is 10.4 Å². The van der Waals surface area contributed by atoms with Gasteiger partial charge in [0, 0.05) is 6.04 Å². The standard InChI is InChI=1S/C23H35N3O3S/c1-17-6-3-4-9-22(17)24-23(27)18(2)25-12-14-26(15-13-25)30(28,29)21-11-10-19-7-5-8-20(19)16-21/h10-11,16-18,22H,3-9,12-15H2,1-2H3,(H,24,27)/p+1/t17-,18+,22-/m0/s1. The van der Waals surface area contributed by atoms with Crippen LogP contribution in [0.5, 0.6) is 0 Å². The molecule has 0 unspecified atom stereocenters. The molecule has 0 bridgehead atoms. The van der Waals surface area contributed by atoms with Gasteiger partial charge in [-0.15, -0.1) is 0 Å². The molecule has 1 saturated heterocycles. The second kappa shape index (κ2) is 8.97. The van der Waals surface area contributed by atoms with E-state index in [0.717, 1.165) is 25.7 Å². The van der Waals surface area contributed by atoms with Gasteiger partial charge in [-0.1, -0.05) is 25.8 Å². The Bertz CT molecular complexity index is 878. The smallest absolute Gasteiger partial charge is 0.278 e. The molecule has 0 aromatic heterocycles. The van der Waals surface area contributed by atoms with Crippen LogP contribution in [0.1, 0.15) is 57.1 Å². The molecule has 7 heteroatoms. The van der Waals surface area contributed by atoms with Crippen molar-refractivity contribution in [3.8, 4) is 0 Å². The van der Waals surface area contributed by atoms with E-state index < -0.39 is 10.0 Å². The van der Waals surface area contributed by atoms with Crippen molar-refractivity contribution in [2.24, 2.45) is 5.92 Å². The number of benzene rings is 1. The fourth-order valence-corrected chi connectivity index (χ4v) is 6.82. The van der Waals surface area contributed by atoms with Gasteiger partial charge in [0.15, 0.2) is 6.04 Å². The van der Waals surface area contributed by atoms with Gasteiger partial charge in [-0.25, -0.2) is 8.42 Å². The van der Waals surface area contributed by atoms with E-state index in [1.165, 1.54) is 35.3 Å². The van der Waals surface area contributed by atoms with Crippen LogP contribution in [0.25, 0.3) is 0 Å². The quantitative estimate of drug-likeness (QED) is 0.730. The fourth-order valence-electron chi connectivity index (χ4n) is 5.33. The molecular formula is C23H36N3O3S+. The van der Waals surface area contributed by atoms with Crippen LogP contribution in [0.15, 0.2) is 23.1 Å². The number of quaternary nitrogens is 1. The zero-order valence-corrected chi connectivity index (χ0v) is 19.1. The lowest BCUT2D eigenvalue weighted by molar-refractivity contribution is -0.917. The first-order valence-electron chi connectivity index (χ1n) is 11.6. The molecule has 6 nitrogen and oxygen atoms in total. The maximum atomic E-state index is 13.1. The highest BCUT2D eigenvalue weighted by atomic mass is 32.2. The maximum Gasteiger partial charge on any atom is 0.278 e. The Morgan fingerprint density at radius 1 is 1.10 bits per heavy atom. The van der Waals surface area contributed by atoms with E-state index in [0.29, 0.717) is 37.0 Å². The zero-order valence-electron chi connectivity index (χ0n) is 18.3. The molecule has 4 rings (SSSR count). The molecule has 2 aliphatic carbocycles. The average molecular weight is 435 g/mol. The van der Waals surface area contributed by atoms with Crippen LogP contribution in [0.4, 0.5) is 0 Å². The Morgan fingerprint density at radius 2 is 1.80 bits per heavy atom. The highest BCUT2D eigenvalue weighted by molar-refractivity contribution is 7.89. The number of nitrogens with zero attached hydrogens (tertiary/aromatic N) is 1. The van der Waals surface area contributed by atoms with Gasteiger partial charge in [-0.3, -0.25) is 4.79 Å². The lowest BCUT2D eigenvalue weighted by Gasteiger charge is -2.36. The third-order valence-corrected chi connectivity index (χ3v) is 9.41. The molecule has 0 radical (unpaired) electrons. The predicted molar refractivity (Wildman–Crippen MR) is 117 cm³/mol. The van der Waals surface area contributed by atoms with Crippen LogP contribution in [0, 0.1) is 5.92 Å². The number of rotatable bonds is 5. The summed E-state index contributed by atoms with van der Waals surface area (Å²) < 4.78 is 27.9. The molecule has 166 valence electrons. The Labute approximate surface area is 181 Å². The second-order valence-electron chi connectivity index (χ2n) is 9.44. The summed E-state index contributed by atoms with van der Waals surface area (Å²) in [6.45, 7) is 6.46. The van der Waals surface area contributed by atoms with Crippen molar-refractivity contribution >= 4 is 15.9 Å². The number of fused-ring (bicyclic) bond motifs is 1. The van der Waals surface area contributed by atoms with Crippen LogP contribution >= 0.6 is 0 Å². The number of amides is 1. The number of aryl methyl sites for hydroxylation is 2. The topological polar surface area (TPSA) is 70.9 Å². The largest absolute Gasteiger partial charge is 0.348 e. The van der Waals surface area contributed by atoms with Crippen LogP contribution in [-0.4, -0.2) is 56.9 Å². The lowest BCUT2D eigenvalue weighted by Crippen LogP contribution is -3.19. The third-order valence-electron chi connectivity index (χ3n) is 7.52. The molecule has 1 saturated carbocycles. The van der Waals surface area contributed by atoms with Crippen LogP contribution < -0.4 is 10.2 Å². The molecule has 1 amide bonds. The van der Waals surface area contributed by atoms with Gasteiger partial charge in [0.2, 0.25) is 10.0 Å².